The summed E-state index contributed by atoms with van der Waals surface area (Å²) in [5.74, 6) is -0.454. The van der Waals surface area contributed by atoms with Gasteiger partial charge in [0.15, 0.2) is 0 Å². The molecule has 1 saturated heterocycles. The fraction of sp³-hybridized carbons (Fsp3) is 0.607. The van der Waals surface area contributed by atoms with Crippen molar-refractivity contribution >= 4 is 17.8 Å². The molecular formula is C28H38N2O4. The van der Waals surface area contributed by atoms with Gasteiger partial charge in [-0.1, -0.05) is 62.1 Å². The highest BCUT2D eigenvalue weighted by Crippen LogP contribution is 2.49. The number of methoxy groups -OCH3 is 1. The number of likely N-dealkylation sites (tertiary alicyclic amines) is 1. The number of carbonyl (C=O) groups excluding carboxylic acids is 3. The van der Waals surface area contributed by atoms with Crippen molar-refractivity contribution in [1.82, 2.24) is 10.2 Å². The standard InChI is InChI=1S/C28H38N2O4/c1-34-27(33)28-16-10-4-9-15-24(28)30(20-22-13-7-3-8-14-22)26(32)23(18-28)17-25(31)29-19-21-11-5-2-6-12-21/h3,7-8,13-15,21,23H,2,4-6,9-12,16-20H2,1H3,(H,29,31)/t23-,28+/m1/s1. The Balaban J connectivity index is 1.57. The van der Waals surface area contributed by atoms with Gasteiger partial charge in [0, 0.05) is 24.6 Å². The first-order valence-electron chi connectivity index (χ1n) is 12.9. The molecule has 0 aromatic heterocycles. The van der Waals surface area contributed by atoms with Gasteiger partial charge in [0.25, 0.3) is 0 Å². The van der Waals surface area contributed by atoms with Crippen LogP contribution in [0.25, 0.3) is 0 Å². The lowest BCUT2D eigenvalue weighted by molar-refractivity contribution is -0.160. The smallest absolute Gasteiger partial charge is 0.317 e. The third-order valence-corrected chi connectivity index (χ3v) is 7.89. The number of hydrogen-bond donors (Lipinski definition) is 1. The summed E-state index contributed by atoms with van der Waals surface area (Å²) < 4.78 is 5.30. The minimum atomic E-state index is -0.873. The molecule has 1 aromatic rings. The van der Waals surface area contributed by atoms with E-state index in [9.17, 15) is 14.4 Å². The van der Waals surface area contributed by atoms with Crippen LogP contribution in [0, 0.1) is 17.3 Å². The maximum absolute atomic E-state index is 13.7. The number of carbonyl (C=O) groups is 3. The molecule has 34 heavy (non-hydrogen) atoms. The number of nitrogens with one attached hydrogen (secondary N) is 1. The molecule has 2 aliphatic carbocycles. The summed E-state index contributed by atoms with van der Waals surface area (Å²) in [6.07, 6.45) is 11.9. The van der Waals surface area contributed by atoms with Crippen LogP contribution < -0.4 is 5.32 Å². The topological polar surface area (TPSA) is 75.7 Å². The molecule has 6 heteroatoms. The largest absolute Gasteiger partial charge is 0.468 e. The SMILES string of the molecule is COC(=O)[C@]12CCCCC=C1N(Cc1ccccc1)C(=O)[C@H](CC(=O)NCC1CCCCC1)C2. The van der Waals surface area contributed by atoms with Crippen molar-refractivity contribution in [2.24, 2.45) is 17.3 Å². The van der Waals surface area contributed by atoms with Gasteiger partial charge >= 0.3 is 5.97 Å². The predicted molar refractivity (Wildman–Crippen MR) is 130 cm³/mol. The molecule has 3 aliphatic rings. The molecule has 1 aromatic carbocycles. The van der Waals surface area contributed by atoms with Gasteiger partial charge in [0.2, 0.25) is 11.8 Å². The molecule has 1 aliphatic heterocycles. The van der Waals surface area contributed by atoms with E-state index in [2.05, 4.69) is 11.4 Å². The van der Waals surface area contributed by atoms with Crippen LogP contribution in [-0.2, 0) is 25.7 Å². The summed E-state index contributed by atoms with van der Waals surface area (Å²) >= 11 is 0. The molecule has 2 atom stereocenters. The molecule has 1 saturated carbocycles. The zero-order chi connectivity index (χ0) is 24.0. The van der Waals surface area contributed by atoms with Crippen molar-refractivity contribution in [3.63, 3.8) is 0 Å². The summed E-state index contributed by atoms with van der Waals surface area (Å²) in [5.41, 5.74) is 0.897. The molecule has 6 nitrogen and oxygen atoms in total. The normalized spacial score (nSPS) is 25.7. The molecule has 0 radical (unpaired) electrons. The van der Waals surface area contributed by atoms with Gasteiger partial charge in [-0.2, -0.15) is 0 Å². The van der Waals surface area contributed by atoms with Crippen LogP contribution in [0.5, 0.6) is 0 Å². The second-order valence-corrected chi connectivity index (χ2v) is 10.2. The monoisotopic (exact) mass is 466 g/mol. The number of piperidine rings is 1. The van der Waals surface area contributed by atoms with E-state index in [1.165, 1.54) is 26.4 Å². The van der Waals surface area contributed by atoms with Crippen LogP contribution in [-0.4, -0.2) is 36.3 Å². The molecule has 2 amide bonds. The summed E-state index contributed by atoms with van der Waals surface area (Å²) in [7, 11) is 1.42. The molecule has 2 fully saturated rings. The van der Waals surface area contributed by atoms with Gasteiger partial charge in [-0.15, -0.1) is 0 Å². The van der Waals surface area contributed by atoms with Crippen molar-refractivity contribution in [2.75, 3.05) is 13.7 Å². The van der Waals surface area contributed by atoms with Gasteiger partial charge in [0.1, 0.15) is 5.41 Å². The highest BCUT2D eigenvalue weighted by molar-refractivity contribution is 5.92. The van der Waals surface area contributed by atoms with Crippen LogP contribution in [0.1, 0.15) is 76.2 Å². The lowest BCUT2D eigenvalue weighted by Gasteiger charge is -2.46. The third-order valence-electron chi connectivity index (χ3n) is 7.89. The fourth-order valence-corrected chi connectivity index (χ4v) is 6.07. The Morgan fingerprint density at radius 3 is 2.59 bits per heavy atom. The quantitative estimate of drug-likeness (QED) is 0.589. The predicted octanol–water partition coefficient (Wildman–Crippen LogP) is 4.74. The van der Waals surface area contributed by atoms with Crippen LogP contribution >= 0.6 is 0 Å². The number of allylic oxidation sites excluding steroid dienone is 1. The van der Waals surface area contributed by atoms with E-state index in [1.54, 1.807) is 4.90 Å². The number of ether oxygens (including phenoxy) is 1. The van der Waals surface area contributed by atoms with E-state index < -0.39 is 11.3 Å². The first-order valence-corrected chi connectivity index (χ1v) is 12.9. The van der Waals surface area contributed by atoms with Crippen LogP contribution in [0.4, 0.5) is 0 Å². The van der Waals surface area contributed by atoms with Gasteiger partial charge in [-0.3, -0.25) is 14.4 Å². The Morgan fingerprint density at radius 1 is 1.09 bits per heavy atom. The maximum atomic E-state index is 13.7. The summed E-state index contributed by atoms with van der Waals surface area (Å²) in [6.45, 7) is 1.07. The summed E-state index contributed by atoms with van der Waals surface area (Å²) in [6, 6.07) is 9.84. The average Bonchev–Trinajstić information content (AvgIpc) is 3.09. The molecule has 1 N–H and O–H groups in total. The van der Waals surface area contributed by atoms with Crippen LogP contribution in [0.3, 0.4) is 0 Å². The van der Waals surface area contributed by atoms with Gasteiger partial charge in [-0.05, 0) is 50.0 Å². The Labute approximate surface area is 203 Å². The fourth-order valence-electron chi connectivity index (χ4n) is 6.07. The number of amides is 2. The van der Waals surface area contributed by atoms with E-state index in [4.69, 9.17) is 4.74 Å². The number of benzene rings is 1. The van der Waals surface area contributed by atoms with Crippen molar-refractivity contribution in [3.8, 4) is 0 Å². The van der Waals surface area contributed by atoms with Crippen LogP contribution in [0.2, 0.25) is 0 Å². The molecule has 0 bridgehead atoms. The van der Waals surface area contributed by atoms with Gasteiger partial charge < -0.3 is 15.0 Å². The highest BCUT2D eigenvalue weighted by Gasteiger charge is 2.53. The Hall–Kier alpha value is -2.63. The van der Waals surface area contributed by atoms with Gasteiger partial charge in [0.05, 0.1) is 13.7 Å². The minimum Gasteiger partial charge on any atom is -0.468 e. The second kappa shape index (κ2) is 11.2. The minimum absolute atomic E-state index is 0.0654. The molecule has 4 rings (SSSR count). The number of fused-ring (bicyclic) bond motifs is 1. The third kappa shape index (κ3) is 5.37. The molecule has 0 unspecified atom stereocenters. The first kappa shape index (κ1) is 24.5. The maximum Gasteiger partial charge on any atom is 0.317 e. The summed E-state index contributed by atoms with van der Waals surface area (Å²) in [4.78, 5) is 41.7. The summed E-state index contributed by atoms with van der Waals surface area (Å²) in [5, 5.41) is 3.08. The lowest BCUT2D eigenvalue weighted by atomic mass is 9.69. The molecule has 184 valence electrons. The Morgan fingerprint density at radius 2 is 1.85 bits per heavy atom. The molecule has 0 spiro atoms. The lowest BCUT2D eigenvalue weighted by Crippen LogP contribution is -2.53. The van der Waals surface area contributed by atoms with E-state index in [0.29, 0.717) is 31.8 Å². The van der Waals surface area contributed by atoms with Crippen molar-refractivity contribution < 1.29 is 19.1 Å². The van der Waals surface area contributed by atoms with Crippen LogP contribution in [0.15, 0.2) is 42.1 Å². The van der Waals surface area contributed by atoms with E-state index in [1.807, 2.05) is 30.3 Å². The first-order chi connectivity index (χ1) is 16.5. The molecular weight excluding hydrogens is 428 g/mol. The van der Waals surface area contributed by atoms with Crippen molar-refractivity contribution in [2.45, 2.75) is 77.2 Å². The zero-order valence-corrected chi connectivity index (χ0v) is 20.4. The zero-order valence-electron chi connectivity index (χ0n) is 20.4. The average molecular weight is 467 g/mol. The van der Waals surface area contributed by atoms with E-state index in [0.717, 1.165) is 43.4 Å². The Bertz CT molecular complexity index is 906. The Kier molecular flexibility index (Phi) is 8.07. The molecule has 1 heterocycles. The van der Waals surface area contributed by atoms with Crippen molar-refractivity contribution in [3.05, 3.63) is 47.7 Å². The van der Waals surface area contributed by atoms with E-state index >= 15 is 0 Å². The number of esters is 1. The van der Waals surface area contributed by atoms with E-state index in [-0.39, 0.29) is 24.2 Å². The van der Waals surface area contributed by atoms with Gasteiger partial charge in [-0.25, -0.2) is 0 Å². The highest BCUT2D eigenvalue weighted by atomic mass is 16.5. The number of hydrogen-bond acceptors (Lipinski definition) is 4. The second-order valence-electron chi connectivity index (χ2n) is 10.2. The number of nitrogens with zero attached hydrogens (tertiary/aromatic N) is 1. The number of rotatable bonds is 7. The van der Waals surface area contributed by atoms with Crippen molar-refractivity contribution in [1.29, 1.82) is 0 Å².